The first-order valence-electron chi connectivity index (χ1n) is 12.0. The summed E-state index contributed by atoms with van der Waals surface area (Å²) in [5.41, 5.74) is 5.90. The Bertz CT molecular complexity index is 928. The number of piperidine rings is 1. The van der Waals surface area contributed by atoms with Gasteiger partial charge in [0.05, 0.1) is 0 Å². The van der Waals surface area contributed by atoms with Gasteiger partial charge in [-0.05, 0) is 67.5 Å². The van der Waals surface area contributed by atoms with Crippen molar-refractivity contribution >= 4 is 5.69 Å². The first kappa shape index (κ1) is 20.3. The average Bonchev–Trinajstić information content (AvgIpc) is 3.25. The van der Waals surface area contributed by atoms with Crippen molar-refractivity contribution in [1.29, 1.82) is 0 Å². The lowest BCUT2D eigenvalue weighted by molar-refractivity contribution is 0.133. The summed E-state index contributed by atoms with van der Waals surface area (Å²) in [6, 6.07) is 32.4. The zero-order chi connectivity index (χ0) is 20.9. The van der Waals surface area contributed by atoms with Gasteiger partial charge >= 0.3 is 0 Å². The fourth-order valence-electron chi connectivity index (χ4n) is 5.60. The fourth-order valence-corrected chi connectivity index (χ4v) is 5.60. The molecule has 1 atom stereocenters. The maximum Gasteiger partial charge on any atom is 0.0370 e. The van der Waals surface area contributed by atoms with E-state index in [-0.39, 0.29) is 0 Å². The molecule has 31 heavy (non-hydrogen) atoms. The van der Waals surface area contributed by atoms with Gasteiger partial charge in [0.2, 0.25) is 0 Å². The molecule has 0 radical (unpaired) electrons. The van der Waals surface area contributed by atoms with Crippen LogP contribution in [0.15, 0.2) is 84.9 Å². The van der Waals surface area contributed by atoms with E-state index in [1.807, 2.05) is 0 Å². The Morgan fingerprint density at radius 3 is 2.10 bits per heavy atom. The number of fused-ring (bicyclic) bond motifs is 1. The van der Waals surface area contributed by atoms with Crippen molar-refractivity contribution in [3.05, 3.63) is 102 Å². The van der Waals surface area contributed by atoms with Crippen LogP contribution in [-0.2, 0) is 19.4 Å². The van der Waals surface area contributed by atoms with Crippen molar-refractivity contribution < 1.29 is 0 Å². The van der Waals surface area contributed by atoms with E-state index in [2.05, 4.69) is 94.7 Å². The number of rotatable bonds is 7. The molecule has 5 rings (SSSR count). The summed E-state index contributed by atoms with van der Waals surface area (Å²) in [6.45, 7) is 3.46. The zero-order valence-electron chi connectivity index (χ0n) is 18.5. The highest BCUT2D eigenvalue weighted by Gasteiger charge is 2.29. The molecule has 160 valence electrons. The number of hydrogen-bond donors (Lipinski definition) is 0. The van der Waals surface area contributed by atoms with Crippen LogP contribution >= 0.6 is 0 Å². The van der Waals surface area contributed by atoms with E-state index in [1.54, 1.807) is 0 Å². The summed E-state index contributed by atoms with van der Waals surface area (Å²) in [5, 5.41) is 0. The monoisotopic (exact) mass is 410 g/mol. The first-order valence-corrected chi connectivity index (χ1v) is 12.0. The van der Waals surface area contributed by atoms with E-state index in [0.29, 0.717) is 12.1 Å². The molecule has 3 aromatic carbocycles. The molecule has 0 bridgehead atoms. The van der Waals surface area contributed by atoms with Crippen LogP contribution in [0.1, 0.15) is 42.4 Å². The van der Waals surface area contributed by atoms with Crippen LogP contribution < -0.4 is 4.90 Å². The van der Waals surface area contributed by atoms with E-state index in [1.165, 1.54) is 67.4 Å². The number of anilines is 1. The number of benzene rings is 3. The number of para-hydroxylation sites is 1. The van der Waals surface area contributed by atoms with Gasteiger partial charge < -0.3 is 4.90 Å². The minimum atomic E-state index is 0.575. The molecule has 1 heterocycles. The largest absolute Gasteiger partial charge is 0.368 e. The van der Waals surface area contributed by atoms with Gasteiger partial charge in [-0.15, -0.1) is 0 Å². The molecule has 1 aliphatic heterocycles. The number of nitrogens with zero attached hydrogens (tertiary/aromatic N) is 2. The van der Waals surface area contributed by atoms with Crippen LogP contribution in [0.3, 0.4) is 0 Å². The molecule has 0 amide bonds. The molecular formula is C29H34N2. The first-order chi connectivity index (χ1) is 15.4. The molecule has 1 fully saturated rings. The number of likely N-dealkylation sites (tertiary alicyclic amines) is 1. The third-order valence-corrected chi connectivity index (χ3v) is 7.24. The Balaban J connectivity index is 1.30. The van der Waals surface area contributed by atoms with Gasteiger partial charge in [0.1, 0.15) is 0 Å². The maximum atomic E-state index is 2.74. The lowest BCUT2D eigenvalue weighted by Gasteiger charge is -2.39. The molecular weight excluding hydrogens is 376 g/mol. The Labute approximate surface area is 187 Å². The smallest absolute Gasteiger partial charge is 0.0370 e. The van der Waals surface area contributed by atoms with Gasteiger partial charge in [-0.1, -0.05) is 79.2 Å². The second-order valence-electron chi connectivity index (χ2n) is 9.25. The van der Waals surface area contributed by atoms with Gasteiger partial charge in [0.25, 0.3) is 0 Å². The Morgan fingerprint density at radius 2 is 1.39 bits per heavy atom. The third kappa shape index (κ3) is 4.85. The van der Waals surface area contributed by atoms with Crippen molar-refractivity contribution in [2.24, 2.45) is 0 Å². The summed E-state index contributed by atoms with van der Waals surface area (Å²) < 4.78 is 0. The quantitative estimate of drug-likeness (QED) is 0.464. The van der Waals surface area contributed by atoms with Crippen LogP contribution in [0.5, 0.6) is 0 Å². The highest BCUT2D eigenvalue weighted by atomic mass is 15.2. The van der Waals surface area contributed by atoms with Crippen molar-refractivity contribution in [3.8, 4) is 0 Å². The zero-order valence-corrected chi connectivity index (χ0v) is 18.5. The molecule has 2 nitrogen and oxygen atoms in total. The molecule has 2 heteroatoms. The highest BCUT2D eigenvalue weighted by molar-refractivity contribution is 5.49. The average molecular weight is 411 g/mol. The molecule has 0 unspecified atom stereocenters. The van der Waals surface area contributed by atoms with Crippen molar-refractivity contribution in [1.82, 2.24) is 4.90 Å². The molecule has 1 saturated heterocycles. The third-order valence-electron chi connectivity index (χ3n) is 7.24. The summed E-state index contributed by atoms with van der Waals surface area (Å²) in [6.07, 6.45) is 7.63. The topological polar surface area (TPSA) is 6.48 Å². The van der Waals surface area contributed by atoms with Crippen LogP contribution in [0.2, 0.25) is 0 Å². The van der Waals surface area contributed by atoms with Crippen LogP contribution in [0.25, 0.3) is 0 Å². The molecule has 2 aliphatic rings. The predicted octanol–water partition coefficient (Wildman–Crippen LogP) is 6.11. The van der Waals surface area contributed by atoms with Gasteiger partial charge in [-0.3, -0.25) is 4.90 Å². The van der Waals surface area contributed by atoms with Gasteiger partial charge in [0, 0.05) is 30.9 Å². The highest BCUT2D eigenvalue weighted by Crippen LogP contribution is 2.30. The summed E-state index contributed by atoms with van der Waals surface area (Å²) in [7, 11) is 0. The molecule has 0 saturated carbocycles. The van der Waals surface area contributed by atoms with Gasteiger partial charge in [0.15, 0.2) is 0 Å². The van der Waals surface area contributed by atoms with Crippen LogP contribution in [0.4, 0.5) is 5.69 Å². The SMILES string of the molecule is c1ccc(CN2CCCC[C@H]2CCN(c2ccccc2)C2Cc3ccccc3C2)cc1. The minimum absolute atomic E-state index is 0.575. The van der Waals surface area contributed by atoms with Crippen molar-refractivity contribution in [2.45, 2.75) is 57.2 Å². The standard InChI is InChI=1S/C29H34N2/c1-3-11-24(12-4-1)23-30-19-10-9-15-27(30)18-20-31(28-16-5-2-6-17-28)29-21-25-13-7-8-14-26(25)22-29/h1-8,11-14,16-17,27,29H,9-10,15,18-23H2/t27-/m0/s1. The van der Waals surface area contributed by atoms with E-state index in [0.717, 1.165) is 13.1 Å². The lowest BCUT2D eigenvalue weighted by atomic mass is 9.97. The Morgan fingerprint density at radius 1 is 0.742 bits per heavy atom. The van der Waals surface area contributed by atoms with E-state index in [4.69, 9.17) is 0 Å². The molecule has 0 N–H and O–H groups in total. The van der Waals surface area contributed by atoms with Crippen molar-refractivity contribution in [3.63, 3.8) is 0 Å². The van der Waals surface area contributed by atoms with Crippen LogP contribution in [-0.4, -0.2) is 30.1 Å². The maximum absolute atomic E-state index is 2.74. The molecule has 0 spiro atoms. The summed E-state index contributed by atoms with van der Waals surface area (Å²) in [5.74, 6) is 0. The predicted molar refractivity (Wildman–Crippen MR) is 131 cm³/mol. The van der Waals surface area contributed by atoms with Crippen molar-refractivity contribution in [2.75, 3.05) is 18.0 Å². The normalized spacial score (nSPS) is 19.3. The second-order valence-corrected chi connectivity index (χ2v) is 9.25. The second kappa shape index (κ2) is 9.70. The lowest BCUT2D eigenvalue weighted by Crippen LogP contribution is -2.43. The van der Waals surface area contributed by atoms with Gasteiger partial charge in [-0.25, -0.2) is 0 Å². The van der Waals surface area contributed by atoms with Gasteiger partial charge in [-0.2, -0.15) is 0 Å². The molecule has 1 aliphatic carbocycles. The molecule has 0 aromatic heterocycles. The summed E-state index contributed by atoms with van der Waals surface area (Å²) in [4.78, 5) is 5.45. The van der Waals surface area contributed by atoms with E-state index < -0.39 is 0 Å². The summed E-state index contributed by atoms with van der Waals surface area (Å²) >= 11 is 0. The van der Waals surface area contributed by atoms with E-state index in [9.17, 15) is 0 Å². The number of hydrogen-bond acceptors (Lipinski definition) is 2. The Hall–Kier alpha value is -2.58. The fraction of sp³-hybridized carbons (Fsp3) is 0.379. The molecule has 3 aromatic rings. The van der Waals surface area contributed by atoms with Crippen LogP contribution in [0, 0.1) is 0 Å². The van der Waals surface area contributed by atoms with E-state index >= 15 is 0 Å². The minimum Gasteiger partial charge on any atom is -0.368 e. The Kier molecular flexibility index (Phi) is 6.36.